The Morgan fingerprint density at radius 2 is 2.16 bits per heavy atom. The predicted molar refractivity (Wildman–Crippen MR) is 103 cm³/mol. The van der Waals surface area contributed by atoms with Crippen LogP contribution in [0.25, 0.3) is 0 Å². The summed E-state index contributed by atoms with van der Waals surface area (Å²) in [6, 6.07) is 11.2. The molecular formula is C19H28N6. The van der Waals surface area contributed by atoms with Gasteiger partial charge in [0.05, 0.1) is 0 Å². The predicted octanol–water partition coefficient (Wildman–Crippen LogP) is 2.03. The van der Waals surface area contributed by atoms with Crippen molar-refractivity contribution in [1.29, 1.82) is 0 Å². The van der Waals surface area contributed by atoms with E-state index in [0.29, 0.717) is 6.04 Å². The summed E-state index contributed by atoms with van der Waals surface area (Å²) in [6.45, 7) is 6.02. The molecule has 134 valence electrons. The summed E-state index contributed by atoms with van der Waals surface area (Å²) >= 11 is 0. The zero-order valence-electron chi connectivity index (χ0n) is 15.2. The maximum atomic E-state index is 4.35. The zero-order chi connectivity index (χ0) is 17.5. The molecule has 0 radical (unpaired) electrons. The van der Waals surface area contributed by atoms with Crippen LogP contribution in [0.2, 0.25) is 0 Å². The molecule has 1 atom stereocenters. The molecule has 0 amide bonds. The molecule has 2 aromatic rings. The number of aromatic nitrogens is 2. The Labute approximate surface area is 149 Å². The maximum Gasteiger partial charge on any atom is 0.191 e. The summed E-state index contributed by atoms with van der Waals surface area (Å²) in [4.78, 5) is 6.78. The van der Waals surface area contributed by atoms with Gasteiger partial charge in [-0.3, -0.25) is 9.67 Å². The standard InChI is InChI=1S/C19H28N6/c1-16-5-7-18(8-6-16)24-14-9-17(15-24)23-19(20-2)21-10-3-12-25-13-4-11-22-25/h4-8,11,13,17H,3,9-10,12,14-15H2,1-2H3,(H2,20,21,23). The van der Waals surface area contributed by atoms with Crippen molar-refractivity contribution in [2.24, 2.45) is 4.99 Å². The van der Waals surface area contributed by atoms with E-state index in [1.165, 1.54) is 11.3 Å². The number of aryl methyl sites for hydroxylation is 2. The van der Waals surface area contributed by atoms with Crippen LogP contribution in [0.4, 0.5) is 5.69 Å². The highest BCUT2D eigenvalue weighted by Gasteiger charge is 2.23. The highest BCUT2D eigenvalue weighted by Crippen LogP contribution is 2.20. The molecule has 1 aromatic carbocycles. The fourth-order valence-corrected chi connectivity index (χ4v) is 3.14. The van der Waals surface area contributed by atoms with Gasteiger partial charge in [0.25, 0.3) is 0 Å². The van der Waals surface area contributed by atoms with Gasteiger partial charge in [0.15, 0.2) is 5.96 Å². The van der Waals surface area contributed by atoms with Crippen LogP contribution in [0.3, 0.4) is 0 Å². The lowest BCUT2D eigenvalue weighted by Crippen LogP contribution is -2.45. The topological polar surface area (TPSA) is 57.5 Å². The lowest BCUT2D eigenvalue weighted by Gasteiger charge is -2.20. The molecule has 1 saturated heterocycles. The fraction of sp³-hybridized carbons (Fsp3) is 0.474. The van der Waals surface area contributed by atoms with Crippen molar-refractivity contribution in [3.63, 3.8) is 0 Å². The van der Waals surface area contributed by atoms with Crippen LogP contribution in [0.1, 0.15) is 18.4 Å². The third kappa shape index (κ3) is 4.98. The second kappa shape index (κ2) is 8.55. The molecule has 1 aliphatic heterocycles. The number of nitrogens with one attached hydrogen (secondary N) is 2. The summed E-state index contributed by atoms with van der Waals surface area (Å²) in [5.41, 5.74) is 2.61. The number of rotatable bonds is 6. The minimum absolute atomic E-state index is 0.429. The summed E-state index contributed by atoms with van der Waals surface area (Å²) in [6.07, 6.45) is 5.95. The van der Waals surface area contributed by atoms with E-state index in [1.807, 2.05) is 30.2 Å². The Bertz CT molecular complexity index is 662. The number of guanidine groups is 1. The van der Waals surface area contributed by atoms with Gasteiger partial charge < -0.3 is 15.5 Å². The van der Waals surface area contributed by atoms with Crippen LogP contribution < -0.4 is 15.5 Å². The lowest BCUT2D eigenvalue weighted by molar-refractivity contribution is 0.566. The van der Waals surface area contributed by atoms with Crippen LogP contribution in [0.5, 0.6) is 0 Å². The van der Waals surface area contributed by atoms with E-state index >= 15 is 0 Å². The van der Waals surface area contributed by atoms with E-state index in [-0.39, 0.29) is 0 Å². The second-order valence-electron chi connectivity index (χ2n) is 6.53. The van der Waals surface area contributed by atoms with Gasteiger partial charge in [0.1, 0.15) is 0 Å². The van der Waals surface area contributed by atoms with Gasteiger partial charge in [-0.05, 0) is 38.0 Å². The second-order valence-corrected chi connectivity index (χ2v) is 6.53. The molecule has 6 nitrogen and oxygen atoms in total. The third-order valence-electron chi connectivity index (χ3n) is 4.57. The molecule has 0 bridgehead atoms. The summed E-state index contributed by atoms with van der Waals surface area (Å²) < 4.78 is 1.95. The summed E-state index contributed by atoms with van der Waals surface area (Å²) in [5, 5.41) is 11.2. The van der Waals surface area contributed by atoms with Crippen molar-refractivity contribution < 1.29 is 0 Å². The van der Waals surface area contributed by atoms with Crippen LogP contribution in [0, 0.1) is 6.92 Å². The number of hydrogen-bond donors (Lipinski definition) is 2. The van der Waals surface area contributed by atoms with Crippen LogP contribution >= 0.6 is 0 Å². The van der Waals surface area contributed by atoms with Gasteiger partial charge in [-0.2, -0.15) is 5.10 Å². The molecule has 6 heteroatoms. The molecule has 25 heavy (non-hydrogen) atoms. The lowest BCUT2D eigenvalue weighted by atomic mass is 10.2. The average Bonchev–Trinajstić information content (AvgIpc) is 3.30. The van der Waals surface area contributed by atoms with Crippen molar-refractivity contribution >= 4 is 11.6 Å². The number of benzene rings is 1. The molecule has 1 unspecified atom stereocenters. The number of anilines is 1. The smallest absolute Gasteiger partial charge is 0.191 e. The largest absolute Gasteiger partial charge is 0.369 e. The van der Waals surface area contributed by atoms with Crippen molar-refractivity contribution in [2.45, 2.75) is 32.4 Å². The van der Waals surface area contributed by atoms with Crippen molar-refractivity contribution in [2.75, 3.05) is 31.6 Å². The van der Waals surface area contributed by atoms with Gasteiger partial charge in [-0.15, -0.1) is 0 Å². The number of hydrogen-bond acceptors (Lipinski definition) is 3. The van der Waals surface area contributed by atoms with Gasteiger partial charge in [0, 0.05) is 57.3 Å². The molecule has 1 aromatic heterocycles. The molecule has 0 spiro atoms. The van der Waals surface area contributed by atoms with Crippen LogP contribution in [-0.4, -0.2) is 48.5 Å². The van der Waals surface area contributed by atoms with E-state index in [1.54, 1.807) is 0 Å². The Hall–Kier alpha value is -2.50. The molecule has 0 saturated carbocycles. The Morgan fingerprint density at radius 1 is 1.32 bits per heavy atom. The Kier molecular flexibility index (Phi) is 5.93. The van der Waals surface area contributed by atoms with Crippen molar-refractivity contribution in [1.82, 2.24) is 20.4 Å². The molecule has 1 fully saturated rings. The monoisotopic (exact) mass is 340 g/mol. The Balaban J connectivity index is 1.40. The zero-order valence-corrected chi connectivity index (χ0v) is 15.2. The SMILES string of the molecule is CN=C(NCCCn1cccn1)NC1CCN(c2ccc(C)cc2)C1. The van der Waals surface area contributed by atoms with Crippen molar-refractivity contribution in [3.8, 4) is 0 Å². The van der Waals surface area contributed by atoms with Crippen LogP contribution in [0.15, 0.2) is 47.7 Å². The molecular weight excluding hydrogens is 312 g/mol. The summed E-state index contributed by atoms with van der Waals surface area (Å²) in [5.74, 6) is 0.885. The quantitative estimate of drug-likeness (QED) is 0.480. The van der Waals surface area contributed by atoms with Crippen molar-refractivity contribution in [3.05, 3.63) is 48.3 Å². The highest BCUT2D eigenvalue weighted by molar-refractivity contribution is 5.80. The maximum absolute atomic E-state index is 4.35. The Morgan fingerprint density at radius 3 is 2.88 bits per heavy atom. The molecule has 1 aliphatic rings. The van der Waals surface area contributed by atoms with E-state index in [9.17, 15) is 0 Å². The first-order chi connectivity index (χ1) is 12.2. The molecule has 2 heterocycles. The number of aliphatic imine (C=N–C) groups is 1. The highest BCUT2D eigenvalue weighted by atomic mass is 15.3. The van der Waals surface area contributed by atoms with Gasteiger partial charge in [0.2, 0.25) is 0 Å². The normalized spacial score (nSPS) is 17.8. The molecule has 3 rings (SSSR count). The van der Waals surface area contributed by atoms with Gasteiger partial charge in [-0.1, -0.05) is 17.7 Å². The molecule has 0 aliphatic carbocycles. The van der Waals surface area contributed by atoms with E-state index in [2.05, 4.69) is 56.8 Å². The fourth-order valence-electron chi connectivity index (χ4n) is 3.14. The van der Waals surface area contributed by atoms with Crippen LogP contribution in [-0.2, 0) is 6.54 Å². The first kappa shape index (κ1) is 17.3. The van der Waals surface area contributed by atoms with Gasteiger partial charge in [-0.25, -0.2) is 0 Å². The minimum atomic E-state index is 0.429. The third-order valence-corrected chi connectivity index (χ3v) is 4.57. The van der Waals surface area contributed by atoms with E-state index in [0.717, 1.165) is 45.0 Å². The average molecular weight is 340 g/mol. The molecule has 2 N–H and O–H groups in total. The van der Waals surface area contributed by atoms with E-state index in [4.69, 9.17) is 0 Å². The van der Waals surface area contributed by atoms with Gasteiger partial charge >= 0.3 is 0 Å². The number of nitrogens with zero attached hydrogens (tertiary/aromatic N) is 4. The summed E-state index contributed by atoms with van der Waals surface area (Å²) in [7, 11) is 1.83. The first-order valence-electron chi connectivity index (χ1n) is 9.01. The minimum Gasteiger partial charge on any atom is -0.369 e. The first-order valence-corrected chi connectivity index (χ1v) is 9.01. The van der Waals surface area contributed by atoms with E-state index < -0.39 is 0 Å².